The molecule has 38 heavy (non-hydrogen) atoms. The average molecular weight is 524 g/mol. The summed E-state index contributed by atoms with van der Waals surface area (Å²) in [7, 11) is 0. The molecule has 1 amide bonds. The maximum atomic E-state index is 13.5. The number of aryl methyl sites for hydroxylation is 2. The second kappa shape index (κ2) is 9.24. The number of hydrogen-bond acceptors (Lipinski definition) is 8. The van der Waals surface area contributed by atoms with Crippen LogP contribution in [0.25, 0.3) is 11.4 Å². The Balaban J connectivity index is 1.55. The van der Waals surface area contributed by atoms with E-state index in [-0.39, 0.29) is 16.5 Å². The van der Waals surface area contributed by atoms with Crippen LogP contribution < -0.4 is 9.64 Å². The number of nitrogens with zero attached hydrogens (tertiary/aromatic N) is 5. The van der Waals surface area contributed by atoms with Crippen LogP contribution in [0.2, 0.25) is 0 Å². The molecule has 0 spiro atoms. The molecule has 1 fully saturated rings. The lowest BCUT2D eigenvalue weighted by atomic mass is 9.96. The molecule has 188 valence electrons. The summed E-state index contributed by atoms with van der Waals surface area (Å²) in [5.41, 5.74) is 1.97. The molecule has 1 N–H and O–H groups in total. The Kier molecular flexibility index (Phi) is 5.73. The Labute approximate surface area is 221 Å². The zero-order chi connectivity index (χ0) is 26.4. The molecule has 0 bridgehead atoms. The Morgan fingerprint density at radius 3 is 2.47 bits per heavy atom. The molecule has 1 unspecified atom stereocenters. The average Bonchev–Trinajstić information content (AvgIpc) is 3.57. The van der Waals surface area contributed by atoms with Crippen LogP contribution in [-0.4, -0.2) is 36.4 Å². The third kappa shape index (κ3) is 3.91. The summed E-state index contributed by atoms with van der Waals surface area (Å²) >= 11 is 1.19. The van der Waals surface area contributed by atoms with Crippen LogP contribution in [0, 0.1) is 13.8 Å². The number of amides is 1. The molecule has 3 aromatic heterocycles. The standard InChI is InChI=1S/C28H21N5O4S/c1-16-23(32-14-7-6-13-21(32)29-16)25(34)22-24(33(27(36)26(22)35)28-31-30-17(2)38-28)18-9-8-12-20(15-18)37-19-10-4-3-5-11-19/h3-15,24,34H,1-2H3/b25-22+. The number of pyridine rings is 1. The Morgan fingerprint density at radius 2 is 1.71 bits per heavy atom. The molecule has 0 saturated carbocycles. The lowest BCUT2D eigenvalue weighted by Crippen LogP contribution is -2.29. The minimum Gasteiger partial charge on any atom is -0.505 e. The van der Waals surface area contributed by atoms with Gasteiger partial charge in [0.15, 0.2) is 5.76 Å². The van der Waals surface area contributed by atoms with Crippen LogP contribution in [0.5, 0.6) is 11.5 Å². The van der Waals surface area contributed by atoms with E-state index in [2.05, 4.69) is 15.2 Å². The van der Waals surface area contributed by atoms with E-state index in [4.69, 9.17) is 4.74 Å². The van der Waals surface area contributed by atoms with Crippen LogP contribution in [0.1, 0.15) is 28.0 Å². The van der Waals surface area contributed by atoms with Gasteiger partial charge in [-0.25, -0.2) is 4.98 Å². The fourth-order valence-electron chi connectivity index (χ4n) is 4.63. The number of aliphatic hydroxyl groups is 1. The number of Topliss-reactive ketones (excluding diaryl/α,β-unsaturated/α-hetero) is 1. The van der Waals surface area contributed by atoms with Crippen molar-refractivity contribution in [2.45, 2.75) is 19.9 Å². The number of aromatic nitrogens is 4. The second-order valence-corrected chi connectivity index (χ2v) is 9.90. The van der Waals surface area contributed by atoms with E-state index in [0.717, 1.165) is 0 Å². The van der Waals surface area contributed by atoms with Crippen LogP contribution >= 0.6 is 11.3 Å². The molecule has 0 radical (unpaired) electrons. The summed E-state index contributed by atoms with van der Waals surface area (Å²) in [5.74, 6) is -0.783. The number of fused-ring (bicyclic) bond motifs is 1. The molecule has 6 rings (SSSR count). The first-order valence-corrected chi connectivity index (χ1v) is 12.6. The quantitative estimate of drug-likeness (QED) is 0.191. The number of ether oxygens (including phenoxy) is 1. The van der Waals surface area contributed by atoms with E-state index in [1.54, 1.807) is 60.8 Å². The molecule has 1 atom stereocenters. The van der Waals surface area contributed by atoms with Crippen LogP contribution in [0.15, 0.2) is 84.6 Å². The number of anilines is 1. The molecule has 1 aliphatic rings. The largest absolute Gasteiger partial charge is 0.505 e. The van der Waals surface area contributed by atoms with Crippen LogP contribution in [0.4, 0.5) is 5.13 Å². The summed E-state index contributed by atoms with van der Waals surface area (Å²) in [6, 6.07) is 20.8. The van der Waals surface area contributed by atoms with Gasteiger partial charge in [0, 0.05) is 6.20 Å². The van der Waals surface area contributed by atoms with E-state index in [1.165, 1.54) is 16.2 Å². The number of hydrogen-bond donors (Lipinski definition) is 1. The first kappa shape index (κ1) is 23.6. The lowest BCUT2D eigenvalue weighted by Gasteiger charge is -2.23. The van der Waals surface area contributed by atoms with Gasteiger partial charge in [-0.3, -0.25) is 18.9 Å². The van der Waals surface area contributed by atoms with Crippen molar-refractivity contribution in [1.82, 2.24) is 19.6 Å². The normalized spacial score (nSPS) is 16.9. The number of carbonyl (C=O) groups excluding carboxylic acids is 2. The maximum Gasteiger partial charge on any atom is 0.301 e. The van der Waals surface area contributed by atoms with Gasteiger partial charge < -0.3 is 9.84 Å². The molecule has 9 nitrogen and oxygen atoms in total. The molecule has 2 aromatic carbocycles. The number of carbonyl (C=O) groups is 2. The molecular formula is C28H21N5O4S. The first-order chi connectivity index (χ1) is 18.4. The van der Waals surface area contributed by atoms with Crippen molar-refractivity contribution in [3.05, 3.63) is 107 Å². The van der Waals surface area contributed by atoms with E-state index in [9.17, 15) is 14.7 Å². The van der Waals surface area contributed by atoms with E-state index >= 15 is 0 Å². The SMILES string of the molecule is Cc1nnc(N2C(=O)C(=O)/C(=C(/O)c3c(C)nc4ccccn34)C2c2cccc(Oc3ccccc3)c2)s1. The van der Waals surface area contributed by atoms with Crippen molar-refractivity contribution in [2.75, 3.05) is 4.90 Å². The number of benzene rings is 2. The molecule has 1 saturated heterocycles. The van der Waals surface area contributed by atoms with Gasteiger partial charge in [0.25, 0.3) is 5.78 Å². The smallest absolute Gasteiger partial charge is 0.301 e. The summed E-state index contributed by atoms with van der Waals surface area (Å²) < 4.78 is 7.71. The highest BCUT2D eigenvalue weighted by molar-refractivity contribution is 7.15. The van der Waals surface area contributed by atoms with Gasteiger partial charge in [-0.05, 0) is 55.8 Å². The molecule has 1 aliphatic heterocycles. The van der Waals surface area contributed by atoms with Crippen LogP contribution in [-0.2, 0) is 9.59 Å². The Hall–Kier alpha value is -4.83. The van der Waals surface area contributed by atoms with Crippen molar-refractivity contribution in [1.29, 1.82) is 0 Å². The molecule has 0 aliphatic carbocycles. The van der Waals surface area contributed by atoms with Crippen LogP contribution in [0.3, 0.4) is 0 Å². The van der Waals surface area contributed by atoms with E-state index < -0.39 is 17.7 Å². The second-order valence-electron chi connectivity index (χ2n) is 8.74. The Morgan fingerprint density at radius 1 is 0.947 bits per heavy atom. The first-order valence-electron chi connectivity index (χ1n) is 11.8. The van der Waals surface area contributed by atoms with Gasteiger partial charge >= 0.3 is 5.91 Å². The Bertz CT molecular complexity index is 1740. The van der Waals surface area contributed by atoms with Gasteiger partial charge in [-0.2, -0.15) is 0 Å². The third-order valence-electron chi connectivity index (χ3n) is 6.25. The predicted octanol–water partition coefficient (Wildman–Crippen LogP) is 5.22. The summed E-state index contributed by atoms with van der Waals surface area (Å²) in [6.07, 6.45) is 1.75. The van der Waals surface area contributed by atoms with Gasteiger partial charge in [0.05, 0.1) is 17.3 Å². The molecule has 10 heteroatoms. The number of ketones is 1. The highest BCUT2D eigenvalue weighted by Gasteiger charge is 2.49. The van der Waals surface area contributed by atoms with Crippen molar-refractivity contribution in [3.8, 4) is 11.5 Å². The summed E-state index contributed by atoms with van der Waals surface area (Å²) in [5, 5.41) is 20.7. The highest BCUT2D eigenvalue weighted by Crippen LogP contribution is 2.44. The highest BCUT2D eigenvalue weighted by atomic mass is 32.1. The fraction of sp³-hybridized carbons (Fsp3) is 0.107. The lowest BCUT2D eigenvalue weighted by molar-refractivity contribution is -0.132. The third-order valence-corrected chi connectivity index (χ3v) is 7.09. The van der Waals surface area contributed by atoms with Crippen molar-refractivity contribution in [2.24, 2.45) is 0 Å². The fourth-order valence-corrected chi connectivity index (χ4v) is 5.34. The molecule has 4 heterocycles. The molecule has 5 aromatic rings. The topological polar surface area (TPSA) is 110 Å². The van der Waals surface area contributed by atoms with Crippen molar-refractivity contribution < 1.29 is 19.4 Å². The minimum absolute atomic E-state index is 0.0616. The van der Waals surface area contributed by atoms with E-state index in [0.29, 0.717) is 39.1 Å². The summed E-state index contributed by atoms with van der Waals surface area (Å²) in [4.78, 5) is 32.7. The number of para-hydroxylation sites is 1. The minimum atomic E-state index is -0.963. The zero-order valence-electron chi connectivity index (χ0n) is 20.4. The molecular weight excluding hydrogens is 502 g/mol. The van der Waals surface area contributed by atoms with Gasteiger partial charge in [0.1, 0.15) is 27.8 Å². The van der Waals surface area contributed by atoms with Crippen molar-refractivity contribution in [3.63, 3.8) is 0 Å². The van der Waals surface area contributed by atoms with Gasteiger partial charge in [-0.15, -0.1) is 10.2 Å². The van der Waals surface area contributed by atoms with Crippen molar-refractivity contribution >= 4 is 39.6 Å². The number of rotatable bonds is 5. The van der Waals surface area contributed by atoms with Gasteiger partial charge in [0.2, 0.25) is 5.13 Å². The summed E-state index contributed by atoms with van der Waals surface area (Å²) in [6.45, 7) is 3.51. The maximum absolute atomic E-state index is 13.5. The monoisotopic (exact) mass is 523 g/mol. The van der Waals surface area contributed by atoms with E-state index in [1.807, 2.05) is 36.4 Å². The number of imidazole rings is 1. The predicted molar refractivity (Wildman–Crippen MR) is 142 cm³/mol. The van der Waals surface area contributed by atoms with Gasteiger partial charge in [-0.1, -0.05) is 47.7 Å². The zero-order valence-corrected chi connectivity index (χ0v) is 21.2. The number of aliphatic hydroxyl groups excluding tert-OH is 1.